The Labute approximate surface area is 216 Å². The molecule has 1 aliphatic heterocycles. The van der Waals surface area contributed by atoms with Gasteiger partial charge in [-0.25, -0.2) is 4.98 Å². The Morgan fingerprint density at radius 2 is 1.97 bits per heavy atom. The van der Waals surface area contributed by atoms with Crippen molar-refractivity contribution >= 4 is 35.0 Å². The lowest BCUT2D eigenvalue weighted by Crippen LogP contribution is -2.48. The third kappa shape index (κ3) is 5.82. The highest BCUT2D eigenvalue weighted by atomic mass is 19.3. The number of nitrogens with one attached hydrogen (secondary N) is 2. The number of hydrogen-bond donors (Lipinski definition) is 2. The predicted octanol–water partition coefficient (Wildman–Crippen LogP) is 3.43. The van der Waals surface area contributed by atoms with Crippen molar-refractivity contribution in [1.29, 1.82) is 0 Å². The van der Waals surface area contributed by atoms with Crippen LogP contribution in [0.3, 0.4) is 0 Å². The molecule has 2 amide bonds. The number of anilines is 4. The molecule has 1 saturated carbocycles. The number of alkyl halides is 2. The Morgan fingerprint density at radius 1 is 1.24 bits per heavy atom. The van der Waals surface area contributed by atoms with Gasteiger partial charge in [0, 0.05) is 37.4 Å². The van der Waals surface area contributed by atoms with Gasteiger partial charge in [-0.05, 0) is 57.1 Å². The van der Waals surface area contributed by atoms with E-state index in [1.807, 2.05) is 32.0 Å². The second-order valence-electron chi connectivity index (χ2n) is 9.95. The number of carbonyl (C=O) groups excluding carboxylic acids is 2. The van der Waals surface area contributed by atoms with Crippen LogP contribution in [0.1, 0.15) is 48.5 Å². The molecule has 1 aromatic heterocycles. The smallest absolute Gasteiger partial charge is 0.342 e. The maximum Gasteiger partial charge on any atom is 0.342 e. The molecular weight excluding hydrogens is 480 g/mol. The van der Waals surface area contributed by atoms with Crippen LogP contribution < -0.4 is 20.4 Å². The molecule has 2 aromatic rings. The van der Waals surface area contributed by atoms with Crippen molar-refractivity contribution in [1.82, 2.24) is 20.2 Å². The number of fused-ring (bicyclic) bond motifs is 1. The molecule has 4 rings (SSSR count). The van der Waals surface area contributed by atoms with E-state index in [-0.39, 0.29) is 23.6 Å². The van der Waals surface area contributed by atoms with Gasteiger partial charge in [0.15, 0.2) is 5.82 Å². The summed E-state index contributed by atoms with van der Waals surface area (Å²) in [5.41, 5.74) is 2.44. The molecule has 11 heteroatoms. The van der Waals surface area contributed by atoms with Crippen LogP contribution >= 0.6 is 0 Å². The number of aryl methyl sites for hydroxylation is 1. The van der Waals surface area contributed by atoms with Crippen molar-refractivity contribution in [2.24, 2.45) is 0 Å². The number of halogens is 2. The maximum atomic E-state index is 14.8. The first-order valence-corrected chi connectivity index (χ1v) is 12.7. The third-order valence-corrected chi connectivity index (χ3v) is 6.97. The van der Waals surface area contributed by atoms with E-state index in [0.29, 0.717) is 24.3 Å². The summed E-state index contributed by atoms with van der Waals surface area (Å²) in [5, 5.41) is 6.11. The highest BCUT2D eigenvalue weighted by Crippen LogP contribution is 2.39. The van der Waals surface area contributed by atoms with E-state index in [1.54, 1.807) is 17.0 Å². The first-order valence-electron chi connectivity index (χ1n) is 12.7. The average Bonchev–Trinajstić information content (AvgIpc) is 3.39. The van der Waals surface area contributed by atoms with E-state index >= 15 is 0 Å². The monoisotopic (exact) mass is 515 g/mol. The van der Waals surface area contributed by atoms with Crippen molar-refractivity contribution in [3.63, 3.8) is 0 Å². The number of rotatable bonds is 8. The molecule has 0 unspecified atom stereocenters. The zero-order valence-electron chi connectivity index (χ0n) is 21.9. The third-order valence-electron chi connectivity index (χ3n) is 6.97. The molecule has 2 N–H and O–H groups in total. The Balaban J connectivity index is 1.61. The van der Waals surface area contributed by atoms with Crippen molar-refractivity contribution in [2.75, 3.05) is 55.9 Å². The fourth-order valence-corrected chi connectivity index (χ4v) is 4.87. The van der Waals surface area contributed by atoms with Crippen LogP contribution in [0.15, 0.2) is 24.4 Å². The van der Waals surface area contributed by atoms with Gasteiger partial charge >= 0.3 is 5.92 Å². The lowest BCUT2D eigenvalue weighted by molar-refractivity contribution is -0.140. The number of nitrogens with zero attached hydrogens (tertiary/aromatic N) is 5. The Bertz CT molecular complexity index is 1150. The molecule has 9 nitrogen and oxygen atoms in total. The van der Waals surface area contributed by atoms with E-state index in [2.05, 4.69) is 20.6 Å². The number of benzene rings is 1. The predicted molar refractivity (Wildman–Crippen MR) is 140 cm³/mol. The Morgan fingerprint density at radius 3 is 2.65 bits per heavy atom. The Kier molecular flexibility index (Phi) is 7.91. The topological polar surface area (TPSA) is 93.7 Å². The van der Waals surface area contributed by atoms with E-state index in [4.69, 9.17) is 0 Å². The largest absolute Gasteiger partial charge is 0.351 e. The van der Waals surface area contributed by atoms with Gasteiger partial charge in [0.25, 0.3) is 11.8 Å². The number of aromatic nitrogens is 2. The second-order valence-corrected chi connectivity index (χ2v) is 9.95. The molecule has 2 heterocycles. The highest BCUT2D eigenvalue weighted by molar-refractivity contribution is 6.02. The molecular formula is C26H35F2N7O2. The first kappa shape index (κ1) is 26.7. The van der Waals surface area contributed by atoms with Gasteiger partial charge < -0.3 is 25.3 Å². The summed E-state index contributed by atoms with van der Waals surface area (Å²) in [4.78, 5) is 38.5. The van der Waals surface area contributed by atoms with E-state index in [9.17, 15) is 18.4 Å². The van der Waals surface area contributed by atoms with E-state index in [0.717, 1.165) is 48.4 Å². The molecule has 37 heavy (non-hydrogen) atoms. The van der Waals surface area contributed by atoms with Gasteiger partial charge in [0.2, 0.25) is 5.95 Å². The molecule has 200 valence electrons. The standard InChI is InChI=1S/C26H35F2N7O2/c1-5-17-14-18(23(36)29-12-13-33(2)3)10-11-20(17)31-25-30-15-21-22(32-25)35(19-8-6-7-9-19)16-26(27,28)24(37)34(21)4/h10-11,14-15,19H,5-9,12-13,16H2,1-4H3,(H,29,36)(H,30,31,32). The van der Waals surface area contributed by atoms with Crippen LogP contribution in [0.5, 0.6) is 0 Å². The SMILES string of the molecule is CCc1cc(C(=O)NCCN(C)C)ccc1Nc1ncc2c(n1)N(C1CCCC1)CC(F)(F)C(=O)N2C. The van der Waals surface area contributed by atoms with Gasteiger partial charge in [0.1, 0.15) is 5.69 Å². The fourth-order valence-electron chi connectivity index (χ4n) is 4.87. The molecule has 0 bridgehead atoms. The van der Waals surface area contributed by atoms with Gasteiger partial charge in [-0.15, -0.1) is 0 Å². The van der Waals surface area contributed by atoms with E-state index < -0.39 is 18.4 Å². The lowest BCUT2D eigenvalue weighted by Gasteiger charge is -2.31. The van der Waals surface area contributed by atoms with Crippen LogP contribution in [0.4, 0.5) is 31.9 Å². The number of carbonyl (C=O) groups is 2. The van der Waals surface area contributed by atoms with Gasteiger partial charge in [-0.3, -0.25) is 9.59 Å². The first-order chi connectivity index (χ1) is 17.6. The molecule has 0 saturated heterocycles. The zero-order chi connectivity index (χ0) is 26.7. The normalized spacial score (nSPS) is 17.6. The fraction of sp³-hybridized carbons (Fsp3) is 0.538. The number of amides is 2. The number of likely N-dealkylation sites (N-methyl/N-ethyl adjacent to an activating group) is 1. The highest BCUT2D eigenvalue weighted by Gasteiger charge is 2.48. The molecule has 1 aliphatic carbocycles. The molecule has 0 atom stereocenters. The summed E-state index contributed by atoms with van der Waals surface area (Å²) in [6.45, 7) is 2.56. The summed E-state index contributed by atoms with van der Waals surface area (Å²) < 4.78 is 29.6. The average molecular weight is 516 g/mol. The van der Waals surface area contributed by atoms with Gasteiger partial charge in [-0.1, -0.05) is 19.8 Å². The minimum atomic E-state index is -3.52. The van der Waals surface area contributed by atoms with Crippen molar-refractivity contribution in [3.05, 3.63) is 35.5 Å². The van der Waals surface area contributed by atoms with Crippen LogP contribution in [0.25, 0.3) is 0 Å². The minimum Gasteiger partial charge on any atom is -0.351 e. The second kappa shape index (κ2) is 11.0. The quantitative estimate of drug-likeness (QED) is 0.556. The Hall–Kier alpha value is -3.34. The summed E-state index contributed by atoms with van der Waals surface area (Å²) in [6.07, 6.45) is 5.54. The van der Waals surface area contributed by atoms with Crippen LogP contribution in [0, 0.1) is 0 Å². The van der Waals surface area contributed by atoms with Gasteiger partial charge in [-0.2, -0.15) is 13.8 Å². The molecule has 0 radical (unpaired) electrons. The minimum absolute atomic E-state index is 0.108. The maximum absolute atomic E-state index is 14.8. The van der Waals surface area contributed by atoms with Crippen LogP contribution in [-0.2, 0) is 11.2 Å². The molecule has 1 fully saturated rings. The zero-order valence-corrected chi connectivity index (χ0v) is 21.9. The molecule has 1 aromatic carbocycles. The summed E-state index contributed by atoms with van der Waals surface area (Å²) >= 11 is 0. The lowest BCUT2D eigenvalue weighted by atomic mass is 10.1. The van der Waals surface area contributed by atoms with Crippen molar-refractivity contribution in [3.8, 4) is 0 Å². The van der Waals surface area contributed by atoms with Crippen molar-refractivity contribution in [2.45, 2.75) is 51.0 Å². The summed E-state index contributed by atoms with van der Waals surface area (Å²) in [6, 6.07) is 5.25. The molecule has 0 spiro atoms. The summed E-state index contributed by atoms with van der Waals surface area (Å²) in [5.74, 6) is -4.36. The van der Waals surface area contributed by atoms with Crippen molar-refractivity contribution < 1.29 is 18.4 Å². The molecule has 2 aliphatic rings. The number of hydrogen-bond acceptors (Lipinski definition) is 7. The van der Waals surface area contributed by atoms with Crippen LogP contribution in [0.2, 0.25) is 0 Å². The van der Waals surface area contributed by atoms with Crippen LogP contribution in [-0.4, -0.2) is 79.4 Å². The summed E-state index contributed by atoms with van der Waals surface area (Å²) in [7, 11) is 5.22. The van der Waals surface area contributed by atoms with E-state index in [1.165, 1.54) is 13.2 Å². The van der Waals surface area contributed by atoms with Gasteiger partial charge in [0.05, 0.1) is 12.7 Å².